The van der Waals surface area contributed by atoms with Gasteiger partial charge in [-0.3, -0.25) is 0 Å². The largest absolute Gasteiger partial charge is 0.378 e. The molecular weight excluding hydrogens is 226 g/mol. The Bertz CT molecular complexity index is 408. The van der Waals surface area contributed by atoms with Gasteiger partial charge >= 0.3 is 0 Å². The van der Waals surface area contributed by atoms with Gasteiger partial charge in [-0.05, 0) is 53.6 Å². The van der Waals surface area contributed by atoms with Crippen LogP contribution in [-0.2, 0) is 0 Å². The molecule has 0 aliphatic rings. The van der Waals surface area contributed by atoms with Crippen LogP contribution in [0.3, 0.4) is 0 Å². The predicted octanol–water partition coefficient (Wildman–Crippen LogP) is 4.57. The van der Waals surface area contributed by atoms with Gasteiger partial charge in [0.25, 0.3) is 0 Å². The molecule has 78 valence electrons. The summed E-state index contributed by atoms with van der Waals surface area (Å²) in [7, 11) is 0. The maximum absolute atomic E-state index is 5.82. The van der Waals surface area contributed by atoms with Gasteiger partial charge in [-0.25, -0.2) is 0 Å². The molecule has 0 saturated carbocycles. The average molecular weight is 238 g/mol. The molecule has 15 heavy (non-hydrogen) atoms. The van der Waals surface area contributed by atoms with Gasteiger partial charge in [-0.15, -0.1) is 0 Å². The third-order valence-electron chi connectivity index (χ3n) is 2.27. The summed E-state index contributed by atoms with van der Waals surface area (Å²) < 4.78 is 0. The maximum atomic E-state index is 5.82. The molecule has 2 aromatic rings. The zero-order chi connectivity index (χ0) is 10.7. The molecule has 1 atom stereocenters. The van der Waals surface area contributed by atoms with E-state index in [-0.39, 0.29) is 0 Å². The third-order valence-corrected chi connectivity index (χ3v) is 3.22. The molecule has 1 heterocycles. The molecule has 1 unspecified atom stereocenters. The molecule has 3 heteroatoms. The van der Waals surface area contributed by atoms with Crippen molar-refractivity contribution in [1.29, 1.82) is 0 Å². The van der Waals surface area contributed by atoms with Gasteiger partial charge in [0.05, 0.1) is 0 Å². The van der Waals surface area contributed by atoms with Crippen molar-refractivity contribution in [2.24, 2.45) is 0 Å². The summed E-state index contributed by atoms with van der Waals surface area (Å²) in [5, 5.41) is 8.44. The summed E-state index contributed by atoms with van der Waals surface area (Å²) in [6, 6.07) is 10.2. The summed E-state index contributed by atoms with van der Waals surface area (Å²) in [5.74, 6) is 0. The molecule has 0 fully saturated rings. The molecule has 0 aliphatic heterocycles. The van der Waals surface area contributed by atoms with E-state index in [0.29, 0.717) is 6.04 Å². The number of rotatable bonds is 3. The molecule has 0 radical (unpaired) electrons. The van der Waals surface area contributed by atoms with Crippen molar-refractivity contribution in [2.75, 3.05) is 5.32 Å². The normalized spacial score (nSPS) is 12.4. The van der Waals surface area contributed by atoms with E-state index >= 15 is 0 Å². The van der Waals surface area contributed by atoms with Crippen molar-refractivity contribution in [3.05, 3.63) is 51.7 Å². The van der Waals surface area contributed by atoms with Crippen LogP contribution in [0.15, 0.2) is 41.1 Å². The Balaban J connectivity index is 2.06. The lowest BCUT2D eigenvalue weighted by molar-refractivity contribution is 0.891. The zero-order valence-electron chi connectivity index (χ0n) is 8.41. The van der Waals surface area contributed by atoms with E-state index in [9.17, 15) is 0 Å². The first-order valence-corrected chi connectivity index (χ1v) is 6.12. The lowest BCUT2D eigenvalue weighted by atomic mass is 10.2. The molecule has 0 bridgehead atoms. The highest BCUT2D eigenvalue weighted by molar-refractivity contribution is 7.07. The zero-order valence-corrected chi connectivity index (χ0v) is 9.98. The number of hydrogen-bond donors (Lipinski definition) is 1. The Morgan fingerprint density at radius 2 is 1.93 bits per heavy atom. The van der Waals surface area contributed by atoms with Crippen molar-refractivity contribution >= 4 is 28.6 Å². The van der Waals surface area contributed by atoms with Gasteiger partial charge in [-0.1, -0.05) is 11.6 Å². The Morgan fingerprint density at radius 1 is 1.20 bits per heavy atom. The minimum atomic E-state index is 0.331. The number of nitrogens with one attached hydrogen (secondary N) is 1. The van der Waals surface area contributed by atoms with E-state index in [4.69, 9.17) is 11.6 Å². The fraction of sp³-hybridized carbons (Fsp3) is 0.167. The SMILES string of the molecule is CC(Nc1ccc(Cl)cc1)c1ccsc1. The van der Waals surface area contributed by atoms with Crippen LogP contribution in [0, 0.1) is 0 Å². The second-order valence-electron chi connectivity index (χ2n) is 3.43. The summed E-state index contributed by atoms with van der Waals surface area (Å²) in [4.78, 5) is 0. The first kappa shape index (κ1) is 10.5. The summed E-state index contributed by atoms with van der Waals surface area (Å²) in [6.45, 7) is 2.15. The van der Waals surface area contributed by atoms with Gasteiger partial charge in [0.1, 0.15) is 0 Å². The van der Waals surface area contributed by atoms with Crippen LogP contribution < -0.4 is 5.32 Å². The highest BCUT2D eigenvalue weighted by Gasteiger charge is 2.04. The van der Waals surface area contributed by atoms with Crippen LogP contribution in [0.5, 0.6) is 0 Å². The second-order valence-corrected chi connectivity index (χ2v) is 4.65. The van der Waals surface area contributed by atoms with E-state index in [1.165, 1.54) is 5.56 Å². The molecule has 1 aromatic carbocycles. The topological polar surface area (TPSA) is 12.0 Å². The first-order chi connectivity index (χ1) is 7.25. The van der Waals surface area contributed by atoms with E-state index < -0.39 is 0 Å². The predicted molar refractivity (Wildman–Crippen MR) is 67.8 cm³/mol. The van der Waals surface area contributed by atoms with E-state index in [2.05, 4.69) is 29.1 Å². The van der Waals surface area contributed by atoms with Gasteiger partial charge in [0.15, 0.2) is 0 Å². The number of benzene rings is 1. The summed E-state index contributed by atoms with van der Waals surface area (Å²) in [6.07, 6.45) is 0. The molecule has 0 aliphatic carbocycles. The molecule has 1 N–H and O–H groups in total. The lowest BCUT2D eigenvalue weighted by Crippen LogP contribution is -2.04. The maximum Gasteiger partial charge on any atom is 0.0493 e. The van der Waals surface area contributed by atoms with Crippen LogP contribution in [0.4, 0.5) is 5.69 Å². The van der Waals surface area contributed by atoms with Gasteiger partial charge < -0.3 is 5.32 Å². The van der Waals surface area contributed by atoms with Crippen LogP contribution >= 0.6 is 22.9 Å². The van der Waals surface area contributed by atoms with Crippen molar-refractivity contribution in [1.82, 2.24) is 0 Å². The van der Waals surface area contributed by atoms with Crippen molar-refractivity contribution < 1.29 is 0 Å². The lowest BCUT2D eigenvalue weighted by Gasteiger charge is -2.13. The van der Waals surface area contributed by atoms with Crippen LogP contribution in [0.25, 0.3) is 0 Å². The Kier molecular flexibility index (Phi) is 3.29. The van der Waals surface area contributed by atoms with E-state index in [0.717, 1.165) is 10.7 Å². The Hall–Kier alpha value is -0.990. The average Bonchev–Trinajstić information content (AvgIpc) is 2.74. The minimum Gasteiger partial charge on any atom is -0.378 e. The van der Waals surface area contributed by atoms with Crippen molar-refractivity contribution in [3.8, 4) is 0 Å². The highest BCUT2D eigenvalue weighted by Crippen LogP contribution is 2.22. The number of thiophene rings is 1. The highest BCUT2D eigenvalue weighted by atomic mass is 35.5. The minimum absolute atomic E-state index is 0.331. The third kappa shape index (κ3) is 2.74. The van der Waals surface area contributed by atoms with Crippen molar-refractivity contribution in [3.63, 3.8) is 0 Å². The molecule has 0 saturated heterocycles. The molecule has 0 spiro atoms. The van der Waals surface area contributed by atoms with Gasteiger partial charge in [-0.2, -0.15) is 11.3 Å². The second kappa shape index (κ2) is 4.69. The molecule has 2 rings (SSSR count). The van der Waals surface area contributed by atoms with Crippen LogP contribution in [0.1, 0.15) is 18.5 Å². The standard InChI is InChI=1S/C12H12ClNS/c1-9(10-6-7-15-8-10)14-12-4-2-11(13)3-5-12/h2-9,14H,1H3. The Morgan fingerprint density at radius 3 is 2.53 bits per heavy atom. The van der Waals surface area contributed by atoms with Gasteiger partial charge in [0, 0.05) is 16.8 Å². The quantitative estimate of drug-likeness (QED) is 0.824. The fourth-order valence-electron chi connectivity index (χ4n) is 1.40. The van der Waals surface area contributed by atoms with Crippen LogP contribution in [-0.4, -0.2) is 0 Å². The number of hydrogen-bond acceptors (Lipinski definition) is 2. The molecular formula is C12H12ClNS. The van der Waals surface area contributed by atoms with Crippen molar-refractivity contribution in [2.45, 2.75) is 13.0 Å². The first-order valence-electron chi connectivity index (χ1n) is 4.80. The van der Waals surface area contributed by atoms with Crippen LogP contribution in [0.2, 0.25) is 5.02 Å². The van der Waals surface area contributed by atoms with Gasteiger partial charge in [0.2, 0.25) is 0 Å². The molecule has 1 nitrogen and oxygen atoms in total. The summed E-state index contributed by atoms with van der Waals surface area (Å²) in [5.41, 5.74) is 2.41. The Labute approximate surface area is 98.7 Å². The number of anilines is 1. The van der Waals surface area contributed by atoms with E-state index in [1.54, 1.807) is 11.3 Å². The number of halogens is 1. The fourth-order valence-corrected chi connectivity index (χ4v) is 2.28. The molecule has 1 aromatic heterocycles. The smallest absolute Gasteiger partial charge is 0.0493 e. The monoisotopic (exact) mass is 237 g/mol. The van der Waals surface area contributed by atoms with E-state index in [1.807, 2.05) is 24.3 Å². The molecule has 0 amide bonds. The summed E-state index contributed by atoms with van der Waals surface area (Å²) >= 11 is 7.54.